The van der Waals surface area contributed by atoms with Crippen molar-refractivity contribution in [1.82, 2.24) is 9.97 Å². The second-order valence-corrected chi connectivity index (χ2v) is 6.93. The summed E-state index contributed by atoms with van der Waals surface area (Å²) < 4.78 is 34.9. The van der Waals surface area contributed by atoms with Gasteiger partial charge in [-0.2, -0.15) is 4.98 Å². The third-order valence-electron chi connectivity index (χ3n) is 4.51. The molecule has 0 aliphatic heterocycles. The zero-order valence-corrected chi connectivity index (χ0v) is 17.4. The van der Waals surface area contributed by atoms with E-state index in [2.05, 4.69) is 15.3 Å². The molecule has 0 radical (unpaired) electrons. The summed E-state index contributed by atoms with van der Waals surface area (Å²) in [5, 5.41) is 3.13. The molecule has 2 aromatic carbocycles. The topological polar surface area (TPSA) is 50.3 Å². The molecule has 3 aromatic rings. The monoisotopic (exact) mass is 410 g/mol. The van der Waals surface area contributed by atoms with Crippen LogP contribution in [-0.4, -0.2) is 24.1 Å². The minimum atomic E-state index is -0.688. The number of anilines is 3. The Balaban J connectivity index is 2.01. The van der Waals surface area contributed by atoms with E-state index in [4.69, 9.17) is 4.74 Å². The molecule has 1 N–H and O–H groups in total. The Hall–Kier alpha value is -3.48. The largest absolute Gasteiger partial charge is 0.451 e. The normalized spacial score (nSPS) is 11.7. The van der Waals surface area contributed by atoms with Gasteiger partial charge >= 0.3 is 0 Å². The fraction of sp³-hybridized carbons (Fsp3) is 0.217. The lowest BCUT2D eigenvalue weighted by Crippen LogP contribution is -2.15. The summed E-state index contributed by atoms with van der Waals surface area (Å²) in [5.41, 5.74) is 1.34. The van der Waals surface area contributed by atoms with Crippen LogP contribution in [0.5, 0.6) is 5.75 Å². The van der Waals surface area contributed by atoms with Gasteiger partial charge < -0.3 is 15.0 Å². The molecule has 0 unspecified atom stereocenters. The Morgan fingerprint density at radius 1 is 1.03 bits per heavy atom. The van der Waals surface area contributed by atoms with Crippen LogP contribution in [0, 0.1) is 11.6 Å². The van der Waals surface area contributed by atoms with Gasteiger partial charge in [-0.3, -0.25) is 0 Å². The molecule has 7 heteroatoms. The fourth-order valence-electron chi connectivity index (χ4n) is 2.80. The number of allylic oxidation sites excluding steroid dienone is 1. The van der Waals surface area contributed by atoms with Gasteiger partial charge in [0, 0.05) is 19.8 Å². The second kappa shape index (κ2) is 9.35. The lowest BCUT2D eigenvalue weighted by molar-refractivity contribution is 0.483. The number of hydrogen-bond donors (Lipinski definition) is 1. The molecule has 1 aromatic heterocycles. The van der Waals surface area contributed by atoms with Gasteiger partial charge in [0.15, 0.2) is 11.6 Å². The number of ether oxygens (including phenoxy) is 1. The van der Waals surface area contributed by atoms with Crippen LogP contribution in [0.3, 0.4) is 0 Å². The van der Waals surface area contributed by atoms with Crippen molar-refractivity contribution in [2.45, 2.75) is 20.3 Å². The van der Waals surface area contributed by atoms with Crippen molar-refractivity contribution in [3.63, 3.8) is 0 Å². The smallest absolute Gasteiger partial charge is 0.229 e. The lowest BCUT2D eigenvalue weighted by Gasteiger charge is -2.20. The van der Waals surface area contributed by atoms with Crippen LogP contribution in [0.2, 0.25) is 0 Å². The van der Waals surface area contributed by atoms with Crippen molar-refractivity contribution < 1.29 is 13.5 Å². The minimum absolute atomic E-state index is 0.128. The molecule has 156 valence electrons. The lowest BCUT2D eigenvalue weighted by atomic mass is 10.1. The van der Waals surface area contributed by atoms with E-state index in [-0.39, 0.29) is 11.3 Å². The number of rotatable bonds is 7. The summed E-state index contributed by atoms with van der Waals surface area (Å²) in [6.45, 7) is 3.68. The standard InChI is InChI=1S/C23H24F2N4O/c1-5-15(2)21(20-17(24)12-9-13-18(20)25)30-19-14-26-23(28-22(19)29(3)4)27-16-10-7-6-8-11-16/h6-14H,5H2,1-4H3,(H,26,27,28)/b21-15+. The summed E-state index contributed by atoms with van der Waals surface area (Å²) in [7, 11) is 3.61. The Kier molecular flexibility index (Phi) is 6.61. The Morgan fingerprint density at radius 3 is 2.30 bits per heavy atom. The van der Waals surface area contributed by atoms with Crippen molar-refractivity contribution in [3.05, 3.63) is 77.5 Å². The van der Waals surface area contributed by atoms with E-state index < -0.39 is 11.6 Å². The highest BCUT2D eigenvalue weighted by Crippen LogP contribution is 2.33. The van der Waals surface area contributed by atoms with E-state index in [1.54, 1.807) is 25.9 Å². The molecular formula is C23H24F2N4O. The molecule has 0 fully saturated rings. The molecular weight excluding hydrogens is 386 g/mol. The number of aromatic nitrogens is 2. The van der Waals surface area contributed by atoms with Gasteiger partial charge in [0.2, 0.25) is 5.95 Å². The summed E-state index contributed by atoms with van der Waals surface area (Å²) >= 11 is 0. The first kappa shape index (κ1) is 21.2. The number of benzene rings is 2. The zero-order chi connectivity index (χ0) is 21.7. The first-order chi connectivity index (χ1) is 14.4. The van der Waals surface area contributed by atoms with Gasteiger partial charge in [-0.05, 0) is 43.2 Å². The van der Waals surface area contributed by atoms with Gasteiger partial charge in [0.25, 0.3) is 0 Å². The maximum Gasteiger partial charge on any atom is 0.229 e. The van der Waals surface area contributed by atoms with Crippen molar-refractivity contribution in [1.29, 1.82) is 0 Å². The van der Waals surface area contributed by atoms with Crippen LogP contribution in [0.4, 0.5) is 26.2 Å². The molecule has 0 bridgehead atoms. The van der Waals surface area contributed by atoms with Gasteiger partial charge in [0.05, 0.1) is 11.8 Å². The number of nitrogens with zero attached hydrogens (tertiary/aromatic N) is 3. The van der Waals surface area contributed by atoms with Crippen molar-refractivity contribution in [2.75, 3.05) is 24.3 Å². The number of para-hydroxylation sites is 1. The van der Waals surface area contributed by atoms with Gasteiger partial charge in [-0.15, -0.1) is 0 Å². The molecule has 0 amide bonds. The van der Waals surface area contributed by atoms with Gasteiger partial charge in [-0.1, -0.05) is 31.2 Å². The fourth-order valence-corrected chi connectivity index (χ4v) is 2.80. The van der Waals surface area contributed by atoms with E-state index in [0.717, 1.165) is 5.69 Å². The quantitative estimate of drug-likeness (QED) is 0.500. The maximum atomic E-state index is 14.5. The highest BCUT2D eigenvalue weighted by atomic mass is 19.1. The van der Waals surface area contributed by atoms with Crippen molar-refractivity contribution >= 4 is 23.2 Å². The Labute approximate surface area is 175 Å². The SMILES string of the molecule is CC/C(C)=C(/Oc1cnc(Nc2ccccc2)nc1N(C)C)c1c(F)cccc1F. The second-order valence-electron chi connectivity index (χ2n) is 6.93. The highest BCUT2D eigenvalue weighted by Gasteiger charge is 2.21. The highest BCUT2D eigenvalue weighted by molar-refractivity contribution is 5.68. The molecule has 0 spiro atoms. The van der Waals surface area contributed by atoms with Gasteiger partial charge in [0.1, 0.15) is 17.4 Å². The van der Waals surface area contributed by atoms with Gasteiger partial charge in [-0.25, -0.2) is 13.8 Å². The molecule has 5 nitrogen and oxygen atoms in total. The molecule has 30 heavy (non-hydrogen) atoms. The number of nitrogens with one attached hydrogen (secondary N) is 1. The third-order valence-corrected chi connectivity index (χ3v) is 4.51. The number of hydrogen-bond acceptors (Lipinski definition) is 5. The van der Waals surface area contributed by atoms with Crippen LogP contribution < -0.4 is 15.0 Å². The van der Waals surface area contributed by atoms with E-state index in [1.807, 2.05) is 37.3 Å². The molecule has 3 rings (SSSR count). The van der Waals surface area contributed by atoms with E-state index in [9.17, 15) is 8.78 Å². The van der Waals surface area contributed by atoms with Crippen LogP contribution in [-0.2, 0) is 0 Å². The summed E-state index contributed by atoms with van der Waals surface area (Å²) in [5.74, 6) is -0.0961. The van der Waals surface area contributed by atoms with Crippen LogP contribution >= 0.6 is 0 Å². The Bertz CT molecular complexity index is 1030. The van der Waals surface area contributed by atoms with Crippen LogP contribution in [0.1, 0.15) is 25.8 Å². The summed E-state index contributed by atoms with van der Waals surface area (Å²) in [4.78, 5) is 10.6. The minimum Gasteiger partial charge on any atom is -0.451 e. The molecule has 0 aliphatic rings. The Morgan fingerprint density at radius 2 is 1.70 bits per heavy atom. The predicted molar refractivity (Wildman–Crippen MR) is 116 cm³/mol. The van der Waals surface area contributed by atoms with Crippen molar-refractivity contribution in [3.8, 4) is 5.75 Å². The zero-order valence-electron chi connectivity index (χ0n) is 17.4. The first-order valence-electron chi connectivity index (χ1n) is 9.59. The molecule has 1 heterocycles. The van der Waals surface area contributed by atoms with E-state index in [0.29, 0.717) is 29.5 Å². The predicted octanol–water partition coefficient (Wildman–Crippen LogP) is 5.78. The average molecular weight is 410 g/mol. The third kappa shape index (κ3) is 4.74. The van der Waals surface area contributed by atoms with Crippen molar-refractivity contribution in [2.24, 2.45) is 0 Å². The first-order valence-corrected chi connectivity index (χ1v) is 9.59. The van der Waals surface area contributed by atoms with Crippen LogP contribution in [0.15, 0.2) is 60.3 Å². The number of halogens is 2. The summed E-state index contributed by atoms with van der Waals surface area (Å²) in [6.07, 6.45) is 2.06. The van der Waals surface area contributed by atoms with Crippen LogP contribution in [0.25, 0.3) is 5.76 Å². The summed E-state index contributed by atoms with van der Waals surface area (Å²) in [6, 6.07) is 13.3. The molecule has 0 saturated carbocycles. The molecule has 0 atom stereocenters. The average Bonchev–Trinajstić information content (AvgIpc) is 2.73. The molecule has 0 saturated heterocycles. The van der Waals surface area contributed by atoms with E-state index >= 15 is 0 Å². The maximum absolute atomic E-state index is 14.5. The molecule has 0 aliphatic carbocycles. The van der Waals surface area contributed by atoms with E-state index in [1.165, 1.54) is 24.4 Å².